The van der Waals surface area contributed by atoms with Gasteiger partial charge in [0.1, 0.15) is 11.6 Å². The first kappa shape index (κ1) is 31.6. The Kier molecular flexibility index (Phi) is 9.77. The highest BCUT2D eigenvalue weighted by Crippen LogP contribution is 2.40. The van der Waals surface area contributed by atoms with Crippen LogP contribution in [0.4, 0.5) is 13.2 Å². The molecule has 3 atom stereocenters. The fraction of sp³-hybridized carbons (Fsp3) is 0.429. The van der Waals surface area contributed by atoms with Crippen LogP contribution in [0.2, 0.25) is 0 Å². The van der Waals surface area contributed by atoms with Gasteiger partial charge in [0, 0.05) is 30.9 Å². The Morgan fingerprint density at radius 1 is 1.12 bits per heavy atom. The van der Waals surface area contributed by atoms with E-state index in [1.165, 1.54) is 31.2 Å². The molecule has 10 nitrogen and oxygen atoms in total. The van der Waals surface area contributed by atoms with Gasteiger partial charge in [-0.25, -0.2) is 0 Å². The van der Waals surface area contributed by atoms with Gasteiger partial charge in [0.2, 0.25) is 0 Å². The van der Waals surface area contributed by atoms with Gasteiger partial charge >= 0.3 is 12.1 Å². The molecule has 1 aliphatic rings. The van der Waals surface area contributed by atoms with Gasteiger partial charge in [-0.3, -0.25) is 19.4 Å². The first-order chi connectivity index (χ1) is 19.0. The number of aromatic hydroxyl groups is 1. The summed E-state index contributed by atoms with van der Waals surface area (Å²) in [5.74, 6) is -3.18. The quantitative estimate of drug-likeness (QED) is 0.236. The van der Waals surface area contributed by atoms with E-state index < -0.39 is 66.4 Å². The SMILES string of the molecule is Cc1cc([C@H](CC(=O)O)CC(=O)CNC(=O)c2cc(O)cc(CC3=NCC(O)CN3)c2)cc(C(C)(O)C(F)(F)F)c1. The molecule has 1 amide bonds. The van der Waals surface area contributed by atoms with Gasteiger partial charge in [-0.2, -0.15) is 13.2 Å². The lowest BCUT2D eigenvalue weighted by Gasteiger charge is -2.28. The van der Waals surface area contributed by atoms with Gasteiger partial charge in [-0.05, 0) is 48.7 Å². The molecule has 6 N–H and O–H groups in total. The molecule has 2 aromatic carbocycles. The number of benzene rings is 2. The summed E-state index contributed by atoms with van der Waals surface area (Å²) in [4.78, 5) is 41.2. The van der Waals surface area contributed by atoms with Crippen LogP contribution in [0, 0.1) is 6.92 Å². The number of aliphatic carboxylic acids is 1. The minimum absolute atomic E-state index is 0.0593. The summed E-state index contributed by atoms with van der Waals surface area (Å²) in [7, 11) is 0. The average molecular weight is 580 g/mol. The van der Waals surface area contributed by atoms with Crippen molar-refractivity contribution in [2.75, 3.05) is 19.6 Å². The van der Waals surface area contributed by atoms with Crippen molar-refractivity contribution >= 4 is 23.5 Å². The molecule has 2 aromatic rings. The predicted octanol–water partition coefficient (Wildman–Crippen LogP) is 2.32. The number of nitrogens with one attached hydrogen (secondary N) is 2. The number of hydrogen-bond donors (Lipinski definition) is 6. The maximum absolute atomic E-state index is 13.4. The van der Waals surface area contributed by atoms with Gasteiger partial charge in [0.25, 0.3) is 5.91 Å². The molecular formula is C28H32F3N3O7. The molecule has 0 radical (unpaired) electrons. The topological polar surface area (TPSA) is 169 Å². The molecule has 1 aliphatic heterocycles. The van der Waals surface area contributed by atoms with E-state index in [1.807, 2.05) is 0 Å². The number of alkyl halides is 3. The third-order valence-electron chi connectivity index (χ3n) is 6.67. The molecule has 0 saturated carbocycles. The van der Waals surface area contributed by atoms with Crippen molar-refractivity contribution in [1.29, 1.82) is 0 Å². The highest BCUT2D eigenvalue weighted by molar-refractivity contribution is 5.97. The maximum atomic E-state index is 13.4. The summed E-state index contributed by atoms with van der Waals surface area (Å²) in [6.07, 6.45) is -6.29. The minimum Gasteiger partial charge on any atom is -0.508 e. The molecule has 0 aromatic heterocycles. The van der Waals surface area contributed by atoms with E-state index in [2.05, 4.69) is 15.6 Å². The van der Waals surface area contributed by atoms with Crippen molar-refractivity contribution in [3.8, 4) is 5.75 Å². The number of phenolic OH excluding ortho intramolecular Hbond substituents is 1. The Bertz CT molecular complexity index is 1340. The molecule has 0 fully saturated rings. The summed E-state index contributed by atoms with van der Waals surface area (Å²) in [6, 6.07) is 7.79. The Hall–Kier alpha value is -3.97. The van der Waals surface area contributed by atoms with Crippen molar-refractivity contribution in [1.82, 2.24) is 10.6 Å². The Morgan fingerprint density at radius 3 is 2.44 bits per heavy atom. The van der Waals surface area contributed by atoms with Crippen LogP contribution in [0.25, 0.3) is 0 Å². The molecule has 0 bridgehead atoms. The van der Waals surface area contributed by atoms with E-state index >= 15 is 0 Å². The predicted molar refractivity (Wildman–Crippen MR) is 142 cm³/mol. The number of phenols is 1. The summed E-state index contributed by atoms with van der Waals surface area (Å²) in [5, 5.41) is 44.5. The number of aryl methyl sites for hydroxylation is 1. The standard InChI is InChI=1S/C28H32F3N3O7/c1-15-3-17(8-20(4-15)27(2,41)28(29,30)31)18(11-25(38)39)9-22(36)12-34-26(40)19-5-16(6-21(35)10-19)7-24-32-13-23(37)14-33-24/h3-6,8,10,18,23,35,37,41H,7,9,11-14H2,1-2H3,(H,32,33)(H,34,40)(H,38,39)/t18-,27?/m0/s1. The second kappa shape index (κ2) is 12.7. The van der Waals surface area contributed by atoms with Crippen molar-refractivity contribution in [3.63, 3.8) is 0 Å². The van der Waals surface area contributed by atoms with E-state index in [0.717, 1.165) is 12.1 Å². The molecule has 2 unspecified atom stereocenters. The third kappa shape index (κ3) is 8.51. The highest BCUT2D eigenvalue weighted by atomic mass is 19.4. The van der Waals surface area contributed by atoms with E-state index in [9.17, 15) is 48.0 Å². The van der Waals surface area contributed by atoms with E-state index in [-0.39, 0.29) is 29.8 Å². The Morgan fingerprint density at radius 2 is 1.83 bits per heavy atom. The lowest BCUT2D eigenvalue weighted by molar-refractivity contribution is -0.258. The van der Waals surface area contributed by atoms with Gasteiger partial charge in [-0.1, -0.05) is 23.8 Å². The number of carboxylic acids is 1. The smallest absolute Gasteiger partial charge is 0.421 e. The average Bonchev–Trinajstić information content (AvgIpc) is 2.86. The van der Waals surface area contributed by atoms with Crippen molar-refractivity contribution in [2.24, 2.45) is 4.99 Å². The Labute approximate surface area is 233 Å². The first-order valence-electron chi connectivity index (χ1n) is 12.8. The summed E-state index contributed by atoms with van der Waals surface area (Å²) >= 11 is 0. The fourth-order valence-corrected chi connectivity index (χ4v) is 4.43. The largest absolute Gasteiger partial charge is 0.508 e. The lowest BCUT2D eigenvalue weighted by atomic mass is 9.85. The zero-order valence-electron chi connectivity index (χ0n) is 22.5. The first-order valence-corrected chi connectivity index (χ1v) is 12.8. The summed E-state index contributed by atoms with van der Waals surface area (Å²) < 4.78 is 40.3. The minimum atomic E-state index is -4.99. The van der Waals surface area contributed by atoms with Crippen molar-refractivity contribution in [3.05, 3.63) is 64.2 Å². The van der Waals surface area contributed by atoms with E-state index in [0.29, 0.717) is 30.4 Å². The molecule has 41 heavy (non-hydrogen) atoms. The number of amidine groups is 1. The number of halogens is 3. The van der Waals surface area contributed by atoms with Crippen LogP contribution >= 0.6 is 0 Å². The number of aliphatic hydroxyl groups excluding tert-OH is 1. The zero-order chi connectivity index (χ0) is 30.5. The number of rotatable bonds is 11. The number of carbonyl (C=O) groups excluding carboxylic acids is 2. The van der Waals surface area contributed by atoms with Gasteiger partial charge < -0.3 is 31.1 Å². The van der Waals surface area contributed by atoms with Crippen LogP contribution in [0.15, 0.2) is 41.4 Å². The Balaban J connectivity index is 1.71. The number of Topliss-reactive ketones (excluding diaryl/α,β-unsaturated/α-hetero) is 1. The second-order valence-electron chi connectivity index (χ2n) is 10.3. The third-order valence-corrected chi connectivity index (χ3v) is 6.67. The maximum Gasteiger partial charge on any atom is 0.421 e. The van der Waals surface area contributed by atoms with Crippen LogP contribution in [-0.2, 0) is 21.6 Å². The number of amides is 1. The summed E-state index contributed by atoms with van der Waals surface area (Å²) in [5.41, 5.74) is -2.60. The molecule has 3 rings (SSSR count). The van der Waals surface area contributed by atoms with Crippen LogP contribution in [0.5, 0.6) is 5.75 Å². The fourth-order valence-electron chi connectivity index (χ4n) is 4.43. The molecular weight excluding hydrogens is 547 g/mol. The zero-order valence-corrected chi connectivity index (χ0v) is 22.5. The van der Waals surface area contributed by atoms with Crippen LogP contribution in [0.3, 0.4) is 0 Å². The summed E-state index contributed by atoms with van der Waals surface area (Å²) in [6.45, 7) is 2.13. The number of hydrogen-bond acceptors (Lipinski definition) is 8. The van der Waals surface area contributed by atoms with Crippen LogP contribution in [0.1, 0.15) is 58.3 Å². The number of ketones is 1. The molecule has 0 saturated heterocycles. The number of aliphatic imine (C=N–C) groups is 1. The van der Waals surface area contributed by atoms with E-state index in [1.54, 1.807) is 0 Å². The number of carbonyl (C=O) groups is 3. The van der Waals surface area contributed by atoms with Crippen LogP contribution < -0.4 is 10.6 Å². The monoisotopic (exact) mass is 579 g/mol. The molecule has 13 heteroatoms. The molecule has 222 valence electrons. The van der Waals surface area contributed by atoms with Crippen molar-refractivity contribution in [2.45, 2.75) is 56.9 Å². The molecule has 0 spiro atoms. The van der Waals surface area contributed by atoms with E-state index in [4.69, 9.17) is 0 Å². The lowest BCUT2D eigenvalue weighted by Crippen LogP contribution is -2.39. The molecule has 1 heterocycles. The van der Waals surface area contributed by atoms with Crippen molar-refractivity contribution < 1.29 is 48.0 Å². The van der Waals surface area contributed by atoms with Gasteiger partial charge in [0.05, 0.1) is 25.6 Å². The van der Waals surface area contributed by atoms with Crippen LogP contribution in [-0.4, -0.2) is 75.8 Å². The van der Waals surface area contributed by atoms with Gasteiger partial charge in [-0.15, -0.1) is 0 Å². The van der Waals surface area contributed by atoms with Gasteiger partial charge in [0.15, 0.2) is 11.4 Å². The molecule has 0 aliphatic carbocycles. The number of β-amino-alcohol motifs (C(OH)–C–C–N with tert-alkyl or cyclic N) is 1. The second-order valence-corrected chi connectivity index (χ2v) is 10.3. The number of aliphatic hydroxyl groups is 2. The number of nitrogens with zero attached hydrogens (tertiary/aromatic N) is 1. The number of carboxylic acid groups (broad SMARTS) is 1. The normalized spacial score (nSPS) is 17.5. The highest BCUT2D eigenvalue weighted by Gasteiger charge is 2.51.